The minimum atomic E-state index is 0.202. The Bertz CT molecular complexity index is 488. The number of piperidine rings is 1. The minimum absolute atomic E-state index is 0.202. The maximum atomic E-state index is 12.6. The first-order chi connectivity index (χ1) is 9.13. The summed E-state index contributed by atoms with van der Waals surface area (Å²) in [6.07, 6.45) is 1.23. The van der Waals surface area contributed by atoms with E-state index in [4.69, 9.17) is 0 Å². The molecular formula is C16H22N2O. The summed E-state index contributed by atoms with van der Waals surface area (Å²) in [5.74, 6) is 1.43. The van der Waals surface area contributed by atoms with E-state index in [0.29, 0.717) is 11.8 Å². The molecule has 102 valence electrons. The maximum absolute atomic E-state index is 12.6. The molecule has 0 radical (unpaired) electrons. The normalized spacial score (nSPS) is 26.3. The van der Waals surface area contributed by atoms with E-state index in [1.54, 1.807) is 0 Å². The van der Waals surface area contributed by atoms with Crippen molar-refractivity contribution in [2.24, 2.45) is 11.8 Å². The maximum Gasteiger partial charge on any atom is 0.253 e. The van der Waals surface area contributed by atoms with Crippen LogP contribution in [0.1, 0.15) is 41.8 Å². The third-order valence-electron chi connectivity index (χ3n) is 4.24. The van der Waals surface area contributed by atoms with Crippen molar-refractivity contribution in [2.75, 3.05) is 13.1 Å². The molecule has 2 atom stereocenters. The molecule has 2 aliphatic heterocycles. The number of fused-ring (bicyclic) bond motifs is 1. The smallest absolute Gasteiger partial charge is 0.253 e. The fraction of sp³-hybridized carbons (Fsp3) is 0.562. The predicted molar refractivity (Wildman–Crippen MR) is 75.8 cm³/mol. The molecule has 2 unspecified atom stereocenters. The number of nitrogens with zero attached hydrogens (tertiary/aromatic N) is 1. The zero-order valence-corrected chi connectivity index (χ0v) is 11.8. The van der Waals surface area contributed by atoms with Gasteiger partial charge in [-0.05, 0) is 41.5 Å². The molecule has 3 rings (SSSR count). The molecule has 1 aromatic carbocycles. The van der Waals surface area contributed by atoms with Crippen molar-refractivity contribution in [2.45, 2.75) is 33.4 Å². The van der Waals surface area contributed by atoms with Crippen LogP contribution in [0.5, 0.6) is 0 Å². The molecule has 0 saturated carbocycles. The molecule has 1 amide bonds. The number of carbonyl (C=O) groups is 1. The number of hydrogen-bond acceptors (Lipinski definition) is 2. The highest BCUT2D eigenvalue weighted by Crippen LogP contribution is 2.24. The van der Waals surface area contributed by atoms with Gasteiger partial charge in [0.25, 0.3) is 5.91 Å². The fourth-order valence-electron chi connectivity index (χ4n) is 3.44. The molecule has 2 heterocycles. The molecule has 2 aliphatic rings. The highest BCUT2D eigenvalue weighted by molar-refractivity contribution is 5.94. The zero-order chi connectivity index (χ0) is 13.4. The van der Waals surface area contributed by atoms with Crippen LogP contribution in [0.4, 0.5) is 0 Å². The van der Waals surface area contributed by atoms with Crippen LogP contribution in [0.15, 0.2) is 18.2 Å². The van der Waals surface area contributed by atoms with E-state index in [2.05, 4.69) is 31.3 Å². The third kappa shape index (κ3) is 2.52. The molecule has 0 aliphatic carbocycles. The van der Waals surface area contributed by atoms with Gasteiger partial charge in [-0.2, -0.15) is 0 Å². The summed E-state index contributed by atoms with van der Waals surface area (Å²) in [5, 5.41) is 3.32. The molecule has 3 nitrogen and oxygen atoms in total. The van der Waals surface area contributed by atoms with E-state index in [-0.39, 0.29) is 5.91 Å². The van der Waals surface area contributed by atoms with Crippen LogP contribution >= 0.6 is 0 Å². The quantitative estimate of drug-likeness (QED) is 0.839. The largest absolute Gasteiger partial charge is 0.338 e. The van der Waals surface area contributed by atoms with Gasteiger partial charge in [0.1, 0.15) is 0 Å². The van der Waals surface area contributed by atoms with Gasteiger partial charge >= 0.3 is 0 Å². The molecule has 1 N–H and O–H groups in total. The van der Waals surface area contributed by atoms with Crippen LogP contribution in [-0.2, 0) is 13.1 Å². The molecule has 0 spiro atoms. The van der Waals surface area contributed by atoms with Gasteiger partial charge in [-0.3, -0.25) is 4.79 Å². The van der Waals surface area contributed by atoms with Crippen LogP contribution in [0, 0.1) is 11.8 Å². The van der Waals surface area contributed by atoms with E-state index in [9.17, 15) is 4.79 Å². The number of amides is 1. The van der Waals surface area contributed by atoms with E-state index < -0.39 is 0 Å². The second-order valence-electron chi connectivity index (χ2n) is 6.24. The van der Waals surface area contributed by atoms with Crippen molar-refractivity contribution in [3.63, 3.8) is 0 Å². The second-order valence-corrected chi connectivity index (χ2v) is 6.24. The monoisotopic (exact) mass is 258 g/mol. The Morgan fingerprint density at radius 1 is 1.16 bits per heavy atom. The second kappa shape index (κ2) is 4.97. The van der Waals surface area contributed by atoms with E-state index >= 15 is 0 Å². The van der Waals surface area contributed by atoms with Crippen LogP contribution < -0.4 is 5.32 Å². The van der Waals surface area contributed by atoms with E-state index in [1.165, 1.54) is 17.5 Å². The molecule has 0 bridgehead atoms. The van der Waals surface area contributed by atoms with Crippen molar-refractivity contribution in [3.8, 4) is 0 Å². The summed E-state index contributed by atoms with van der Waals surface area (Å²) in [7, 11) is 0. The van der Waals surface area contributed by atoms with Gasteiger partial charge in [-0.1, -0.05) is 19.9 Å². The van der Waals surface area contributed by atoms with Crippen molar-refractivity contribution in [1.29, 1.82) is 0 Å². The van der Waals surface area contributed by atoms with Gasteiger partial charge in [0.05, 0.1) is 0 Å². The van der Waals surface area contributed by atoms with E-state index in [1.807, 2.05) is 11.0 Å². The Kier molecular flexibility index (Phi) is 3.31. The van der Waals surface area contributed by atoms with Gasteiger partial charge in [0.15, 0.2) is 0 Å². The summed E-state index contributed by atoms with van der Waals surface area (Å²) in [5.41, 5.74) is 3.46. The summed E-state index contributed by atoms with van der Waals surface area (Å²) in [4.78, 5) is 14.6. The number of rotatable bonds is 1. The van der Waals surface area contributed by atoms with Crippen LogP contribution in [-0.4, -0.2) is 23.9 Å². The lowest BCUT2D eigenvalue weighted by Gasteiger charge is -2.35. The standard InChI is InChI=1S/C16H22N2O/c1-11-5-12(2)10-18(9-11)16(19)13-3-4-14-7-17-8-15(14)6-13/h3-4,6,11-12,17H,5,7-10H2,1-2H3. The van der Waals surface area contributed by atoms with Crippen LogP contribution in [0.2, 0.25) is 0 Å². The van der Waals surface area contributed by atoms with Crippen molar-refractivity contribution in [1.82, 2.24) is 10.2 Å². The molecule has 1 fully saturated rings. The van der Waals surface area contributed by atoms with Crippen molar-refractivity contribution < 1.29 is 4.79 Å². The lowest BCUT2D eigenvalue weighted by Crippen LogP contribution is -2.42. The van der Waals surface area contributed by atoms with Gasteiger partial charge in [-0.15, -0.1) is 0 Å². The first-order valence-corrected chi connectivity index (χ1v) is 7.25. The van der Waals surface area contributed by atoms with Gasteiger partial charge in [0, 0.05) is 31.7 Å². The lowest BCUT2D eigenvalue weighted by atomic mass is 9.91. The summed E-state index contributed by atoms with van der Waals surface area (Å²) >= 11 is 0. The molecule has 19 heavy (non-hydrogen) atoms. The highest BCUT2D eigenvalue weighted by atomic mass is 16.2. The fourth-order valence-corrected chi connectivity index (χ4v) is 3.44. The molecule has 3 heteroatoms. The van der Waals surface area contributed by atoms with Gasteiger partial charge < -0.3 is 10.2 Å². The average Bonchev–Trinajstić information content (AvgIpc) is 2.83. The Balaban J connectivity index is 1.80. The minimum Gasteiger partial charge on any atom is -0.338 e. The molecular weight excluding hydrogens is 236 g/mol. The summed E-state index contributed by atoms with van der Waals surface area (Å²) in [6.45, 7) is 8.10. The molecule has 1 aromatic rings. The number of benzene rings is 1. The van der Waals surface area contributed by atoms with Crippen LogP contribution in [0.25, 0.3) is 0 Å². The SMILES string of the molecule is CC1CC(C)CN(C(=O)c2ccc3c(c2)CNC3)C1. The van der Waals surface area contributed by atoms with Gasteiger partial charge in [-0.25, -0.2) is 0 Å². The van der Waals surface area contributed by atoms with Crippen molar-refractivity contribution in [3.05, 3.63) is 34.9 Å². The summed E-state index contributed by atoms with van der Waals surface area (Å²) in [6, 6.07) is 6.15. The number of nitrogens with one attached hydrogen (secondary N) is 1. The Hall–Kier alpha value is -1.35. The average molecular weight is 258 g/mol. The molecule has 0 aromatic heterocycles. The Morgan fingerprint density at radius 3 is 2.58 bits per heavy atom. The summed E-state index contributed by atoms with van der Waals surface area (Å²) < 4.78 is 0. The topological polar surface area (TPSA) is 32.3 Å². The first-order valence-electron chi connectivity index (χ1n) is 7.25. The third-order valence-corrected chi connectivity index (χ3v) is 4.24. The van der Waals surface area contributed by atoms with Crippen LogP contribution in [0.3, 0.4) is 0 Å². The molecule has 1 saturated heterocycles. The van der Waals surface area contributed by atoms with E-state index in [0.717, 1.165) is 31.7 Å². The number of likely N-dealkylation sites (tertiary alicyclic amines) is 1. The predicted octanol–water partition coefficient (Wildman–Crippen LogP) is 2.41. The van der Waals surface area contributed by atoms with Crippen molar-refractivity contribution >= 4 is 5.91 Å². The lowest BCUT2D eigenvalue weighted by molar-refractivity contribution is 0.0623. The first kappa shape index (κ1) is 12.7. The van der Waals surface area contributed by atoms with Gasteiger partial charge in [0.2, 0.25) is 0 Å². The number of carbonyl (C=O) groups excluding carboxylic acids is 1. The Morgan fingerprint density at radius 2 is 1.84 bits per heavy atom. The Labute approximate surface area is 115 Å². The zero-order valence-electron chi connectivity index (χ0n) is 11.8. The number of hydrogen-bond donors (Lipinski definition) is 1. The highest BCUT2D eigenvalue weighted by Gasteiger charge is 2.26.